The molecule has 15 heteroatoms. The molecule has 15 nitrogen and oxygen atoms in total. The Morgan fingerprint density at radius 2 is 1.68 bits per heavy atom. The Morgan fingerprint density at radius 1 is 1.06 bits per heavy atom. The summed E-state index contributed by atoms with van der Waals surface area (Å²) in [6.07, 6.45) is 1.09. The van der Waals surface area contributed by atoms with E-state index in [4.69, 9.17) is 31.2 Å². The number of anilines is 1. The van der Waals surface area contributed by atoms with E-state index in [-0.39, 0.29) is 37.2 Å². The average Bonchev–Trinajstić information content (AvgIpc) is 3.00. The summed E-state index contributed by atoms with van der Waals surface area (Å²) in [6.45, 7) is 9.86. The molecular formula is C32H51N5O10. The number of aliphatic hydroxyl groups excluding tert-OH is 1. The van der Waals surface area contributed by atoms with E-state index >= 15 is 0 Å². The molecule has 1 heterocycles. The number of ether oxygens (including phenoxy) is 2. The van der Waals surface area contributed by atoms with E-state index in [1.807, 2.05) is 43.0 Å². The minimum absolute atomic E-state index is 0.0505. The maximum absolute atomic E-state index is 13.1. The Labute approximate surface area is 275 Å². The van der Waals surface area contributed by atoms with E-state index in [0.29, 0.717) is 50.7 Å². The summed E-state index contributed by atoms with van der Waals surface area (Å²) in [5.41, 5.74) is 11.6. The van der Waals surface area contributed by atoms with Gasteiger partial charge in [-0.3, -0.25) is 19.3 Å². The number of carboxylic acids is 2. The highest BCUT2D eigenvalue weighted by atomic mass is 16.5. The molecule has 8 N–H and O–H groups in total. The molecule has 0 saturated carbocycles. The number of methoxy groups -OCH3 is 1. The van der Waals surface area contributed by atoms with E-state index < -0.39 is 41.3 Å². The van der Waals surface area contributed by atoms with Gasteiger partial charge in [-0.2, -0.15) is 0 Å². The number of hydrogen-bond acceptors (Lipinski definition) is 10. The zero-order valence-electron chi connectivity index (χ0n) is 27.9. The van der Waals surface area contributed by atoms with Gasteiger partial charge in [0.25, 0.3) is 0 Å². The molecule has 1 aliphatic heterocycles. The lowest BCUT2D eigenvalue weighted by Crippen LogP contribution is -2.55. The standard InChI is InChI=1S/C28H47N5O6.C4H4O4/c1-19(2)20(26(36)31-18-28(3,4)27(30)37)15-23(34)21(29)16-32-11-12-33(25(35)17-32)22-9-6-7-10-24(22)39-14-8-13-38-5;5-3(6)1-2-4(7)8/h6-7,9-10,19-21,23,34H,8,11-18,29H2,1-5H3,(H2,30,37)(H,31,36);1-2H,(H,5,6)(H,7,8)/b;2-1+. The van der Waals surface area contributed by atoms with E-state index in [1.165, 1.54) is 0 Å². The number of nitrogens with zero attached hydrogens (tertiary/aromatic N) is 2. The number of para-hydroxylation sites is 2. The number of benzene rings is 1. The molecule has 1 aliphatic rings. The number of nitrogens with two attached hydrogens (primary N) is 2. The van der Waals surface area contributed by atoms with Gasteiger partial charge in [-0.05, 0) is 38.3 Å². The van der Waals surface area contributed by atoms with Gasteiger partial charge < -0.3 is 46.5 Å². The fourth-order valence-electron chi connectivity index (χ4n) is 4.53. The summed E-state index contributed by atoms with van der Waals surface area (Å²) in [7, 11) is 1.64. The number of aliphatic hydroxyl groups is 1. The maximum atomic E-state index is 13.1. The van der Waals surface area contributed by atoms with Gasteiger partial charge in [0.2, 0.25) is 17.7 Å². The van der Waals surface area contributed by atoms with Crippen molar-refractivity contribution in [1.82, 2.24) is 10.2 Å². The molecule has 1 fully saturated rings. The Morgan fingerprint density at radius 3 is 2.21 bits per heavy atom. The minimum Gasteiger partial charge on any atom is -0.491 e. The predicted molar refractivity (Wildman–Crippen MR) is 175 cm³/mol. The first-order valence-corrected chi connectivity index (χ1v) is 15.4. The van der Waals surface area contributed by atoms with E-state index in [2.05, 4.69) is 5.32 Å². The number of piperazine rings is 1. The van der Waals surface area contributed by atoms with Crippen LogP contribution in [0.2, 0.25) is 0 Å². The second kappa shape index (κ2) is 20.2. The van der Waals surface area contributed by atoms with Crippen LogP contribution in [0.25, 0.3) is 0 Å². The number of carboxylic acid groups (broad SMARTS) is 2. The number of aliphatic carboxylic acids is 2. The molecule has 3 atom stereocenters. The molecule has 1 saturated heterocycles. The van der Waals surface area contributed by atoms with Crippen molar-refractivity contribution in [3.8, 4) is 5.75 Å². The third kappa shape index (κ3) is 14.9. The number of carbonyl (C=O) groups is 5. The molecule has 47 heavy (non-hydrogen) atoms. The minimum atomic E-state index is -1.26. The molecule has 0 radical (unpaired) electrons. The van der Waals surface area contributed by atoms with Crippen LogP contribution in [0.15, 0.2) is 36.4 Å². The van der Waals surface area contributed by atoms with Crippen LogP contribution in [-0.2, 0) is 28.7 Å². The van der Waals surface area contributed by atoms with Crippen molar-refractivity contribution in [2.45, 2.75) is 52.7 Å². The highest BCUT2D eigenvalue weighted by Gasteiger charge is 2.33. The normalized spacial score (nSPS) is 15.8. The zero-order chi connectivity index (χ0) is 35.7. The molecule has 0 bridgehead atoms. The molecule has 1 aromatic carbocycles. The fraction of sp³-hybridized carbons (Fsp3) is 0.594. The van der Waals surface area contributed by atoms with Crippen molar-refractivity contribution >= 4 is 35.3 Å². The summed E-state index contributed by atoms with van der Waals surface area (Å²) in [6, 6.07) is 6.83. The first kappa shape index (κ1) is 41.0. The second-order valence-corrected chi connectivity index (χ2v) is 12.2. The summed E-state index contributed by atoms with van der Waals surface area (Å²) in [4.78, 5) is 60.2. The summed E-state index contributed by atoms with van der Waals surface area (Å²) >= 11 is 0. The van der Waals surface area contributed by atoms with Crippen molar-refractivity contribution < 1.29 is 48.8 Å². The van der Waals surface area contributed by atoms with E-state index in [0.717, 1.165) is 12.1 Å². The first-order valence-electron chi connectivity index (χ1n) is 15.4. The number of primary amides is 1. The summed E-state index contributed by atoms with van der Waals surface area (Å²) in [5, 5.41) is 29.3. The highest BCUT2D eigenvalue weighted by Crippen LogP contribution is 2.29. The molecule has 3 unspecified atom stereocenters. The molecule has 2 rings (SSSR count). The number of nitrogens with one attached hydrogen (secondary N) is 1. The maximum Gasteiger partial charge on any atom is 0.328 e. The smallest absolute Gasteiger partial charge is 0.328 e. The van der Waals surface area contributed by atoms with Crippen molar-refractivity contribution in [2.75, 3.05) is 57.9 Å². The summed E-state index contributed by atoms with van der Waals surface area (Å²) < 4.78 is 11.0. The molecule has 264 valence electrons. The van der Waals surface area contributed by atoms with Gasteiger partial charge in [0, 0.05) is 70.4 Å². The highest BCUT2D eigenvalue weighted by molar-refractivity contribution is 5.97. The number of rotatable bonds is 18. The van der Waals surface area contributed by atoms with Crippen LogP contribution in [0.3, 0.4) is 0 Å². The number of hydrogen-bond donors (Lipinski definition) is 6. The summed E-state index contributed by atoms with van der Waals surface area (Å²) in [5.74, 6) is -3.23. The number of carbonyl (C=O) groups excluding carboxylic acids is 3. The lowest BCUT2D eigenvalue weighted by molar-refractivity contribution is -0.134. The van der Waals surface area contributed by atoms with Crippen molar-refractivity contribution in [3.05, 3.63) is 36.4 Å². The Bertz CT molecular complexity index is 1210. The topological polar surface area (TPSA) is 235 Å². The van der Waals surface area contributed by atoms with Gasteiger partial charge >= 0.3 is 11.9 Å². The molecule has 3 amide bonds. The van der Waals surface area contributed by atoms with Gasteiger partial charge in [-0.25, -0.2) is 9.59 Å². The third-order valence-corrected chi connectivity index (χ3v) is 7.55. The van der Waals surface area contributed by atoms with Gasteiger partial charge in [0.05, 0.1) is 30.4 Å². The Hall–Kier alpha value is -4.05. The van der Waals surface area contributed by atoms with Crippen molar-refractivity contribution in [3.63, 3.8) is 0 Å². The van der Waals surface area contributed by atoms with Crippen LogP contribution in [0.5, 0.6) is 5.75 Å². The average molecular weight is 666 g/mol. The largest absolute Gasteiger partial charge is 0.491 e. The lowest BCUT2D eigenvalue weighted by atomic mass is 9.86. The molecule has 1 aromatic rings. The van der Waals surface area contributed by atoms with Crippen LogP contribution in [0.1, 0.15) is 40.5 Å². The lowest BCUT2D eigenvalue weighted by Gasteiger charge is -2.37. The SMILES string of the molecule is COCCCOc1ccccc1N1CCN(CC(N)C(O)CC(C(=O)NCC(C)(C)C(N)=O)C(C)C)CC1=O.O=C(O)/C=C/C(=O)O. The van der Waals surface area contributed by atoms with Gasteiger partial charge in [0.15, 0.2) is 0 Å². The van der Waals surface area contributed by atoms with E-state index in [1.54, 1.807) is 25.9 Å². The number of amides is 3. The monoisotopic (exact) mass is 665 g/mol. The first-order chi connectivity index (χ1) is 22.0. The Balaban J connectivity index is 0.00000122. The zero-order valence-corrected chi connectivity index (χ0v) is 27.9. The predicted octanol–water partition coefficient (Wildman–Crippen LogP) is 0.441. The third-order valence-electron chi connectivity index (χ3n) is 7.55. The quantitative estimate of drug-likeness (QED) is 0.0926. The van der Waals surface area contributed by atoms with Crippen molar-refractivity contribution in [1.29, 1.82) is 0 Å². The van der Waals surface area contributed by atoms with Gasteiger partial charge in [0.1, 0.15) is 5.75 Å². The molecule has 0 aromatic heterocycles. The molecule has 0 spiro atoms. The van der Waals surface area contributed by atoms with Crippen LogP contribution < -0.4 is 26.4 Å². The van der Waals surface area contributed by atoms with Gasteiger partial charge in [-0.15, -0.1) is 0 Å². The molecular weight excluding hydrogens is 614 g/mol. The van der Waals surface area contributed by atoms with Crippen molar-refractivity contribution in [2.24, 2.45) is 28.7 Å². The van der Waals surface area contributed by atoms with Crippen LogP contribution in [-0.4, -0.2) is 115 Å². The van der Waals surface area contributed by atoms with Gasteiger partial charge in [-0.1, -0.05) is 26.0 Å². The second-order valence-electron chi connectivity index (χ2n) is 12.2. The molecule has 0 aliphatic carbocycles. The van der Waals surface area contributed by atoms with E-state index in [9.17, 15) is 29.1 Å². The van der Waals surface area contributed by atoms with Crippen LogP contribution in [0, 0.1) is 17.3 Å². The van der Waals surface area contributed by atoms with Crippen LogP contribution in [0.4, 0.5) is 5.69 Å². The fourth-order valence-corrected chi connectivity index (χ4v) is 4.53. The Kier molecular flexibility index (Phi) is 17.6. The van der Waals surface area contributed by atoms with Crippen LogP contribution >= 0.6 is 0 Å².